The largest absolute Gasteiger partial charge is 0.342 e. The zero-order chi connectivity index (χ0) is 16.2. The standard InChI is InChI=1S/C17H25N3O2S/c18-8-10-20-15-7-9-19(12-13(15)3-5-17(20)22)16(21)6-4-14-2-1-11-23-14/h1-2,11,13,15H,3-10,12,18H2/t13-,15+/m0/s1. The minimum atomic E-state index is 0.231. The first kappa shape index (κ1) is 16.5. The fourth-order valence-corrected chi connectivity index (χ4v) is 4.56. The summed E-state index contributed by atoms with van der Waals surface area (Å²) in [5.41, 5.74) is 5.65. The van der Waals surface area contributed by atoms with E-state index in [9.17, 15) is 9.59 Å². The zero-order valence-corrected chi connectivity index (χ0v) is 14.3. The van der Waals surface area contributed by atoms with Crippen LogP contribution >= 0.6 is 11.3 Å². The van der Waals surface area contributed by atoms with Crippen LogP contribution in [-0.4, -0.2) is 53.8 Å². The van der Waals surface area contributed by atoms with Gasteiger partial charge in [-0.1, -0.05) is 6.07 Å². The maximum absolute atomic E-state index is 12.5. The maximum atomic E-state index is 12.5. The van der Waals surface area contributed by atoms with Gasteiger partial charge in [0.05, 0.1) is 0 Å². The predicted molar refractivity (Wildman–Crippen MR) is 91.1 cm³/mol. The number of rotatable bonds is 5. The fraction of sp³-hybridized carbons (Fsp3) is 0.647. The van der Waals surface area contributed by atoms with Gasteiger partial charge in [-0.2, -0.15) is 0 Å². The topological polar surface area (TPSA) is 66.6 Å². The van der Waals surface area contributed by atoms with Crippen molar-refractivity contribution < 1.29 is 9.59 Å². The summed E-state index contributed by atoms with van der Waals surface area (Å²) < 4.78 is 0. The van der Waals surface area contributed by atoms with Gasteiger partial charge in [-0.05, 0) is 36.6 Å². The van der Waals surface area contributed by atoms with E-state index in [4.69, 9.17) is 5.73 Å². The lowest BCUT2D eigenvalue weighted by atomic mass is 9.83. The number of thiophene rings is 1. The van der Waals surface area contributed by atoms with E-state index in [-0.39, 0.29) is 17.9 Å². The van der Waals surface area contributed by atoms with Crippen molar-refractivity contribution in [1.82, 2.24) is 9.80 Å². The number of hydrogen-bond acceptors (Lipinski definition) is 4. The van der Waals surface area contributed by atoms with Crippen molar-refractivity contribution in [2.45, 2.75) is 38.1 Å². The molecule has 0 spiro atoms. The maximum Gasteiger partial charge on any atom is 0.222 e. The lowest BCUT2D eigenvalue weighted by molar-refractivity contribution is -0.144. The second kappa shape index (κ2) is 7.45. The Morgan fingerprint density at radius 3 is 3.00 bits per heavy atom. The highest BCUT2D eigenvalue weighted by Crippen LogP contribution is 2.31. The number of nitrogens with two attached hydrogens (primary N) is 1. The van der Waals surface area contributed by atoms with Gasteiger partial charge in [0, 0.05) is 49.9 Å². The number of likely N-dealkylation sites (tertiary alicyclic amines) is 2. The summed E-state index contributed by atoms with van der Waals surface area (Å²) in [6.07, 6.45) is 3.81. The average molecular weight is 335 g/mol. The summed E-state index contributed by atoms with van der Waals surface area (Å²) >= 11 is 1.71. The SMILES string of the molecule is NCCN1C(=O)CC[C@H]2CN(C(=O)CCc3cccs3)CC[C@H]21. The van der Waals surface area contributed by atoms with Crippen LogP contribution in [0.2, 0.25) is 0 Å². The van der Waals surface area contributed by atoms with Gasteiger partial charge in [0.15, 0.2) is 0 Å². The Morgan fingerprint density at radius 1 is 1.39 bits per heavy atom. The van der Waals surface area contributed by atoms with E-state index >= 15 is 0 Å². The first-order chi connectivity index (χ1) is 11.2. The van der Waals surface area contributed by atoms with Gasteiger partial charge in [0.1, 0.15) is 0 Å². The molecule has 0 unspecified atom stereocenters. The van der Waals surface area contributed by atoms with Gasteiger partial charge in [-0.25, -0.2) is 0 Å². The van der Waals surface area contributed by atoms with Crippen LogP contribution in [0.3, 0.4) is 0 Å². The van der Waals surface area contributed by atoms with Gasteiger partial charge in [-0.15, -0.1) is 11.3 Å². The first-order valence-corrected chi connectivity index (χ1v) is 9.36. The molecule has 0 aromatic carbocycles. The molecule has 2 aliphatic rings. The lowest BCUT2D eigenvalue weighted by Crippen LogP contribution is -2.57. The fourth-order valence-electron chi connectivity index (χ4n) is 3.85. The van der Waals surface area contributed by atoms with Crippen molar-refractivity contribution in [2.24, 2.45) is 11.7 Å². The third kappa shape index (κ3) is 3.75. The minimum Gasteiger partial charge on any atom is -0.342 e. The van der Waals surface area contributed by atoms with Crippen LogP contribution in [0, 0.1) is 5.92 Å². The minimum absolute atomic E-state index is 0.231. The molecule has 3 rings (SSSR count). The van der Waals surface area contributed by atoms with Crippen molar-refractivity contribution in [1.29, 1.82) is 0 Å². The van der Waals surface area contributed by atoms with Gasteiger partial charge < -0.3 is 15.5 Å². The van der Waals surface area contributed by atoms with Crippen LogP contribution < -0.4 is 5.73 Å². The average Bonchev–Trinajstić information content (AvgIpc) is 3.08. The molecule has 6 heteroatoms. The second-order valence-corrected chi connectivity index (χ2v) is 7.48. The van der Waals surface area contributed by atoms with Gasteiger partial charge in [0.2, 0.25) is 11.8 Å². The van der Waals surface area contributed by atoms with Crippen LogP contribution in [0.1, 0.15) is 30.6 Å². The van der Waals surface area contributed by atoms with E-state index in [1.54, 1.807) is 11.3 Å². The Balaban J connectivity index is 1.55. The summed E-state index contributed by atoms with van der Waals surface area (Å²) in [6, 6.07) is 4.39. The Morgan fingerprint density at radius 2 is 2.26 bits per heavy atom. The monoisotopic (exact) mass is 335 g/mol. The Labute approximate surface area is 141 Å². The number of nitrogens with zero attached hydrogens (tertiary/aromatic N) is 2. The van der Waals surface area contributed by atoms with Crippen molar-refractivity contribution >= 4 is 23.2 Å². The highest BCUT2D eigenvalue weighted by atomic mass is 32.1. The van der Waals surface area contributed by atoms with Crippen LogP contribution in [0.5, 0.6) is 0 Å². The van der Waals surface area contributed by atoms with Crippen molar-refractivity contribution in [3.63, 3.8) is 0 Å². The Kier molecular flexibility index (Phi) is 5.33. The summed E-state index contributed by atoms with van der Waals surface area (Å²) in [5.74, 6) is 0.895. The third-order valence-electron chi connectivity index (χ3n) is 5.03. The Bertz CT molecular complexity index is 546. The molecule has 2 amide bonds. The third-order valence-corrected chi connectivity index (χ3v) is 5.97. The molecule has 2 aliphatic heterocycles. The number of aryl methyl sites for hydroxylation is 1. The van der Waals surface area contributed by atoms with Gasteiger partial charge in [-0.3, -0.25) is 9.59 Å². The zero-order valence-electron chi connectivity index (χ0n) is 13.4. The highest BCUT2D eigenvalue weighted by molar-refractivity contribution is 7.09. The van der Waals surface area contributed by atoms with Crippen LogP contribution in [0.4, 0.5) is 0 Å². The van der Waals surface area contributed by atoms with Gasteiger partial charge >= 0.3 is 0 Å². The molecular weight excluding hydrogens is 310 g/mol. The highest BCUT2D eigenvalue weighted by Gasteiger charge is 2.39. The molecule has 2 atom stereocenters. The molecule has 23 heavy (non-hydrogen) atoms. The molecule has 2 saturated heterocycles. The molecule has 0 radical (unpaired) electrons. The van der Waals surface area contributed by atoms with E-state index in [0.717, 1.165) is 32.4 Å². The number of amides is 2. The number of hydrogen-bond donors (Lipinski definition) is 1. The van der Waals surface area contributed by atoms with Crippen LogP contribution in [0.15, 0.2) is 17.5 Å². The predicted octanol–water partition coefficient (Wildman–Crippen LogP) is 1.48. The number of carbonyl (C=O) groups is 2. The molecule has 1 aromatic rings. The summed E-state index contributed by atoms with van der Waals surface area (Å²) in [6.45, 7) is 2.71. The molecule has 5 nitrogen and oxygen atoms in total. The molecule has 2 fully saturated rings. The Hall–Kier alpha value is -1.40. The van der Waals surface area contributed by atoms with Crippen molar-refractivity contribution in [3.8, 4) is 0 Å². The van der Waals surface area contributed by atoms with Crippen LogP contribution in [0.25, 0.3) is 0 Å². The second-order valence-electron chi connectivity index (χ2n) is 6.45. The summed E-state index contributed by atoms with van der Waals surface area (Å²) in [7, 11) is 0. The number of fused-ring (bicyclic) bond motifs is 1. The van der Waals surface area contributed by atoms with E-state index in [1.165, 1.54) is 4.88 Å². The molecular formula is C17H25N3O2S. The number of carbonyl (C=O) groups excluding carboxylic acids is 2. The normalized spacial score (nSPS) is 24.7. The molecule has 0 aliphatic carbocycles. The molecule has 2 N–H and O–H groups in total. The molecule has 126 valence electrons. The van der Waals surface area contributed by atoms with Gasteiger partial charge in [0.25, 0.3) is 0 Å². The van der Waals surface area contributed by atoms with E-state index < -0.39 is 0 Å². The van der Waals surface area contributed by atoms with E-state index in [0.29, 0.717) is 31.8 Å². The number of piperidine rings is 2. The molecule has 3 heterocycles. The summed E-state index contributed by atoms with van der Waals surface area (Å²) in [5, 5.41) is 2.05. The van der Waals surface area contributed by atoms with Crippen molar-refractivity contribution in [3.05, 3.63) is 22.4 Å². The van der Waals surface area contributed by atoms with E-state index in [1.807, 2.05) is 15.9 Å². The van der Waals surface area contributed by atoms with Crippen molar-refractivity contribution in [2.75, 3.05) is 26.2 Å². The lowest BCUT2D eigenvalue weighted by Gasteiger charge is -2.47. The molecule has 0 saturated carbocycles. The first-order valence-electron chi connectivity index (χ1n) is 8.48. The molecule has 0 bridgehead atoms. The smallest absolute Gasteiger partial charge is 0.222 e. The van der Waals surface area contributed by atoms with Crippen LogP contribution in [-0.2, 0) is 16.0 Å². The van der Waals surface area contributed by atoms with E-state index in [2.05, 4.69) is 11.4 Å². The molecule has 1 aromatic heterocycles. The summed E-state index contributed by atoms with van der Waals surface area (Å²) in [4.78, 5) is 29.8. The quantitative estimate of drug-likeness (QED) is 0.886.